The van der Waals surface area contributed by atoms with Crippen LogP contribution in [0.5, 0.6) is 0 Å². The maximum Gasteiger partial charge on any atom is 0.325 e. The summed E-state index contributed by atoms with van der Waals surface area (Å²) in [6.45, 7) is 3.67. The zero-order valence-corrected chi connectivity index (χ0v) is 21.8. The topological polar surface area (TPSA) is 103 Å². The van der Waals surface area contributed by atoms with Crippen LogP contribution in [0.3, 0.4) is 0 Å². The van der Waals surface area contributed by atoms with Crippen molar-refractivity contribution in [2.75, 3.05) is 37.4 Å². The maximum absolute atomic E-state index is 12.9. The number of hydrogen-bond acceptors (Lipinski definition) is 6. The summed E-state index contributed by atoms with van der Waals surface area (Å²) in [6, 6.07) is 19.1. The van der Waals surface area contributed by atoms with Gasteiger partial charge in [0, 0.05) is 74.0 Å². The van der Waals surface area contributed by atoms with Gasteiger partial charge in [0.25, 0.3) is 5.91 Å². The number of nitrogens with one attached hydrogen (secondary N) is 2. The van der Waals surface area contributed by atoms with E-state index in [2.05, 4.69) is 27.4 Å². The Labute approximate surface area is 221 Å². The fraction of sp³-hybridized carbons (Fsp3) is 0.276. The first-order chi connectivity index (χ1) is 18.3. The van der Waals surface area contributed by atoms with E-state index in [4.69, 9.17) is 0 Å². The Morgan fingerprint density at radius 3 is 2.55 bits per heavy atom. The van der Waals surface area contributed by atoms with Gasteiger partial charge in [-0.2, -0.15) is 0 Å². The first kappa shape index (κ1) is 25.4. The van der Waals surface area contributed by atoms with Gasteiger partial charge in [0.2, 0.25) is 0 Å². The number of rotatable bonds is 6. The summed E-state index contributed by atoms with van der Waals surface area (Å²) in [5, 5.41) is 16.3. The van der Waals surface area contributed by atoms with E-state index in [0.29, 0.717) is 17.9 Å². The van der Waals surface area contributed by atoms with Crippen LogP contribution in [0.2, 0.25) is 0 Å². The van der Waals surface area contributed by atoms with Crippen LogP contribution >= 0.6 is 0 Å². The highest BCUT2D eigenvalue weighted by molar-refractivity contribution is 6.04. The molecular weight excluding hydrogens is 480 g/mol. The zero-order chi connectivity index (χ0) is 26.8. The fourth-order valence-electron chi connectivity index (χ4n) is 4.91. The molecule has 1 saturated heterocycles. The number of aliphatic hydroxyl groups excluding tert-OH is 1. The number of carbonyl (C=O) groups excluding carboxylic acids is 2. The van der Waals surface area contributed by atoms with Crippen LogP contribution in [0.4, 0.5) is 22.0 Å². The minimum Gasteiger partial charge on any atom is -0.392 e. The van der Waals surface area contributed by atoms with Crippen molar-refractivity contribution in [3.05, 3.63) is 84.2 Å². The molecule has 0 saturated carbocycles. The number of fused-ring (bicyclic) bond motifs is 1. The zero-order valence-electron chi connectivity index (χ0n) is 21.8. The van der Waals surface area contributed by atoms with Crippen molar-refractivity contribution in [3.8, 4) is 0 Å². The van der Waals surface area contributed by atoms with Gasteiger partial charge in [-0.1, -0.05) is 12.1 Å². The fourth-order valence-corrected chi connectivity index (χ4v) is 4.91. The summed E-state index contributed by atoms with van der Waals surface area (Å²) in [6.07, 6.45) is 3.95. The van der Waals surface area contributed by atoms with Gasteiger partial charge in [0.05, 0.1) is 11.6 Å². The van der Waals surface area contributed by atoms with Gasteiger partial charge < -0.3 is 20.6 Å². The quantitative estimate of drug-likeness (QED) is 0.355. The lowest BCUT2D eigenvalue weighted by Gasteiger charge is -2.24. The predicted octanol–water partition coefficient (Wildman–Crippen LogP) is 4.37. The van der Waals surface area contributed by atoms with E-state index in [1.165, 1.54) is 0 Å². The average Bonchev–Trinajstić information content (AvgIpc) is 3.58. The third-order valence-electron chi connectivity index (χ3n) is 7.26. The molecule has 3 heterocycles. The molecule has 1 aliphatic heterocycles. The summed E-state index contributed by atoms with van der Waals surface area (Å²) < 4.78 is 1.57. The summed E-state index contributed by atoms with van der Waals surface area (Å²) in [7, 11) is 3.55. The van der Waals surface area contributed by atoms with E-state index >= 15 is 0 Å². The van der Waals surface area contributed by atoms with Gasteiger partial charge in [-0.15, -0.1) is 0 Å². The first-order valence-corrected chi connectivity index (χ1v) is 12.7. The Morgan fingerprint density at radius 1 is 1.08 bits per heavy atom. The highest BCUT2D eigenvalue weighted by atomic mass is 16.3. The largest absolute Gasteiger partial charge is 0.392 e. The number of hydrogen-bond donors (Lipinski definition) is 3. The molecule has 2 aromatic heterocycles. The lowest BCUT2D eigenvalue weighted by atomic mass is 10.0. The van der Waals surface area contributed by atoms with Crippen LogP contribution in [0, 0.1) is 0 Å². The van der Waals surface area contributed by atoms with Gasteiger partial charge >= 0.3 is 6.03 Å². The second-order valence-corrected chi connectivity index (χ2v) is 9.63. The number of pyridine rings is 1. The Balaban J connectivity index is 1.27. The van der Waals surface area contributed by atoms with Crippen molar-refractivity contribution in [1.29, 1.82) is 0 Å². The molecule has 1 aliphatic rings. The van der Waals surface area contributed by atoms with Crippen LogP contribution in [-0.4, -0.2) is 64.8 Å². The number of aromatic nitrogens is 2. The minimum atomic E-state index is -0.260. The molecule has 2 atom stereocenters. The molecule has 4 aromatic rings. The molecule has 2 amide bonds. The maximum atomic E-state index is 12.9. The number of nitrogens with zero attached hydrogens (tertiary/aromatic N) is 4. The van der Waals surface area contributed by atoms with Crippen LogP contribution < -0.4 is 15.5 Å². The molecule has 38 heavy (non-hydrogen) atoms. The van der Waals surface area contributed by atoms with Gasteiger partial charge in [0.15, 0.2) is 0 Å². The molecule has 2 aromatic carbocycles. The van der Waals surface area contributed by atoms with Gasteiger partial charge in [-0.3, -0.25) is 14.3 Å². The van der Waals surface area contributed by atoms with E-state index in [1.54, 1.807) is 24.0 Å². The van der Waals surface area contributed by atoms with Crippen LogP contribution in [-0.2, 0) is 0 Å². The molecule has 0 radical (unpaired) electrons. The number of aliphatic hydroxyl groups is 1. The normalized spacial score (nSPS) is 16.4. The van der Waals surface area contributed by atoms with Crippen molar-refractivity contribution in [2.45, 2.75) is 25.5 Å². The van der Waals surface area contributed by atoms with E-state index in [0.717, 1.165) is 40.8 Å². The Kier molecular flexibility index (Phi) is 7.13. The third-order valence-corrected chi connectivity index (χ3v) is 7.26. The summed E-state index contributed by atoms with van der Waals surface area (Å²) >= 11 is 0. The highest BCUT2D eigenvalue weighted by Crippen LogP contribution is 2.29. The molecule has 1 unspecified atom stereocenters. The molecule has 9 nitrogen and oxygen atoms in total. The van der Waals surface area contributed by atoms with E-state index in [9.17, 15) is 14.7 Å². The predicted molar refractivity (Wildman–Crippen MR) is 149 cm³/mol. The highest BCUT2D eigenvalue weighted by Gasteiger charge is 2.25. The molecule has 196 valence electrons. The van der Waals surface area contributed by atoms with E-state index in [-0.39, 0.29) is 24.1 Å². The lowest BCUT2D eigenvalue weighted by molar-refractivity contribution is 0.102. The van der Waals surface area contributed by atoms with E-state index < -0.39 is 0 Å². The van der Waals surface area contributed by atoms with E-state index in [1.807, 2.05) is 72.6 Å². The Bertz CT molecular complexity index is 1460. The molecule has 0 aliphatic carbocycles. The molecule has 0 spiro atoms. The summed E-state index contributed by atoms with van der Waals surface area (Å²) in [4.78, 5) is 33.6. The van der Waals surface area contributed by atoms with Crippen LogP contribution in [0.1, 0.15) is 35.3 Å². The second-order valence-electron chi connectivity index (χ2n) is 9.63. The van der Waals surface area contributed by atoms with Crippen molar-refractivity contribution in [1.82, 2.24) is 19.8 Å². The average molecular weight is 513 g/mol. The van der Waals surface area contributed by atoms with Crippen molar-refractivity contribution in [2.24, 2.45) is 0 Å². The standard InChI is InChI=1S/C29H32N6O3/c1-19(34-14-12-25(36)18-34)20-4-6-21(7-5-20)28(37)32-27-17-24(10-13-31-27)33(3)23-8-9-26-22(16-23)11-15-35(26)29(38)30-2/h4-11,13,15-17,19,25,36H,12,14,18H2,1-3H3,(H,30,38)(H,31,32,37)/t19?,25-/m0/s1. The van der Waals surface area contributed by atoms with Gasteiger partial charge in [-0.05, 0) is 61.4 Å². The Hall–Kier alpha value is -4.21. The van der Waals surface area contributed by atoms with Gasteiger partial charge in [0.1, 0.15) is 5.82 Å². The summed E-state index contributed by atoms with van der Waals surface area (Å²) in [5.41, 5.74) is 4.28. The number of anilines is 3. The van der Waals surface area contributed by atoms with Crippen LogP contribution in [0.25, 0.3) is 10.9 Å². The Morgan fingerprint density at radius 2 is 1.84 bits per heavy atom. The van der Waals surface area contributed by atoms with Crippen LogP contribution in [0.15, 0.2) is 73.1 Å². The number of likely N-dealkylation sites (tertiary alicyclic amines) is 1. The first-order valence-electron chi connectivity index (χ1n) is 12.7. The second kappa shape index (κ2) is 10.6. The number of β-amino-alcohol motifs (C(OH)–C–C–N with tert-alkyl or cyclic N) is 1. The minimum absolute atomic E-state index is 0.180. The number of benzene rings is 2. The smallest absolute Gasteiger partial charge is 0.325 e. The summed E-state index contributed by atoms with van der Waals surface area (Å²) in [5.74, 6) is 0.222. The van der Waals surface area contributed by atoms with Crippen molar-refractivity contribution >= 4 is 40.0 Å². The number of carbonyl (C=O) groups is 2. The number of amides is 2. The molecule has 0 bridgehead atoms. The van der Waals surface area contributed by atoms with Crippen molar-refractivity contribution in [3.63, 3.8) is 0 Å². The lowest BCUT2D eigenvalue weighted by Crippen LogP contribution is -2.25. The monoisotopic (exact) mass is 512 g/mol. The molecule has 1 fully saturated rings. The van der Waals surface area contributed by atoms with Gasteiger partial charge in [-0.25, -0.2) is 9.78 Å². The molecular formula is C29H32N6O3. The molecule has 9 heteroatoms. The molecule has 5 rings (SSSR count). The third kappa shape index (κ3) is 5.11. The SMILES string of the molecule is CNC(=O)n1ccc2cc(N(C)c3ccnc(NC(=O)c4ccc(C(C)N5CC[C@H](O)C5)cc4)c3)ccc21. The molecule has 3 N–H and O–H groups in total. The van der Waals surface area contributed by atoms with Crippen molar-refractivity contribution < 1.29 is 14.7 Å².